The molecule has 0 aliphatic heterocycles. The van der Waals surface area contributed by atoms with Gasteiger partial charge in [0, 0.05) is 19.0 Å². The van der Waals surface area contributed by atoms with Crippen LogP contribution in [0.2, 0.25) is 0 Å². The number of amides is 1. The van der Waals surface area contributed by atoms with Gasteiger partial charge in [-0.15, -0.1) is 5.10 Å². The maximum Gasteiger partial charge on any atom is 0.269 e. The molecule has 8 heteroatoms. The number of hydrogen-bond donors (Lipinski definition) is 2. The van der Waals surface area contributed by atoms with E-state index in [0.717, 1.165) is 18.7 Å². The molecule has 0 spiro atoms. The van der Waals surface area contributed by atoms with Crippen LogP contribution < -0.4 is 11.1 Å². The van der Waals surface area contributed by atoms with Crippen LogP contribution in [0.15, 0.2) is 12.4 Å². The van der Waals surface area contributed by atoms with Gasteiger partial charge in [0.05, 0.1) is 6.04 Å². The van der Waals surface area contributed by atoms with Crippen molar-refractivity contribution in [3.63, 3.8) is 0 Å². The van der Waals surface area contributed by atoms with E-state index in [1.807, 2.05) is 6.92 Å². The summed E-state index contributed by atoms with van der Waals surface area (Å²) in [6, 6.07) is 1.30. The van der Waals surface area contributed by atoms with E-state index in [1.165, 1.54) is 6.33 Å². The maximum atomic E-state index is 11.7. The first-order valence-electron chi connectivity index (χ1n) is 6.87. The highest BCUT2D eigenvalue weighted by Crippen LogP contribution is 2.38. The van der Waals surface area contributed by atoms with E-state index in [-0.39, 0.29) is 17.6 Å². The predicted octanol–water partition coefficient (Wildman–Crippen LogP) is 0.314. The monoisotopic (exact) mass is 287 g/mol. The topological polar surface area (TPSA) is 112 Å². The summed E-state index contributed by atoms with van der Waals surface area (Å²) < 4.78 is 1.60. The summed E-state index contributed by atoms with van der Waals surface area (Å²) in [5.41, 5.74) is 6.24. The van der Waals surface area contributed by atoms with Crippen molar-refractivity contribution in [2.75, 3.05) is 7.05 Å². The lowest BCUT2D eigenvalue weighted by Gasteiger charge is -2.08. The Bertz CT molecular complexity index is 675. The van der Waals surface area contributed by atoms with E-state index in [4.69, 9.17) is 5.73 Å². The van der Waals surface area contributed by atoms with Gasteiger partial charge in [-0.05, 0) is 19.8 Å². The van der Waals surface area contributed by atoms with E-state index in [0.29, 0.717) is 17.6 Å². The molecule has 0 saturated heterocycles. The minimum absolute atomic E-state index is 0.275. The van der Waals surface area contributed by atoms with E-state index >= 15 is 0 Å². The second kappa shape index (κ2) is 5.21. The minimum Gasteiger partial charge on any atom is -0.354 e. The Hall–Kier alpha value is -2.35. The second-order valence-electron chi connectivity index (χ2n) is 5.14. The molecular formula is C13H17N7O. The smallest absolute Gasteiger partial charge is 0.269 e. The van der Waals surface area contributed by atoms with Crippen molar-refractivity contribution in [3.8, 4) is 5.82 Å². The van der Waals surface area contributed by atoms with Crippen LogP contribution in [-0.2, 0) is 0 Å². The fourth-order valence-corrected chi connectivity index (χ4v) is 2.03. The van der Waals surface area contributed by atoms with E-state index in [9.17, 15) is 4.79 Å². The van der Waals surface area contributed by atoms with Gasteiger partial charge in [-0.2, -0.15) is 4.68 Å². The van der Waals surface area contributed by atoms with Crippen LogP contribution in [0.5, 0.6) is 0 Å². The van der Waals surface area contributed by atoms with Gasteiger partial charge < -0.3 is 11.1 Å². The number of aromatic nitrogens is 5. The summed E-state index contributed by atoms with van der Waals surface area (Å²) in [7, 11) is 1.55. The molecule has 2 heterocycles. The largest absolute Gasteiger partial charge is 0.354 e. The standard InChI is InChI=1S/C13H17N7O/c1-7(14)12-18-11(8-3-4-8)19-20(12)10-5-9(13(21)15-2)16-6-17-10/h5-8H,3-4,14H2,1-2H3,(H,15,21)/t7-/m0/s1. The molecule has 21 heavy (non-hydrogen) atoms. The highest BCUT2D eigenvalue weighted by Gasteiger charge is 2.30. The summed E-state index contributed by atoms with van der Waals surface area (Å²) in [5.74, 6) is 2.07. The van der Waals surface area contributed by atoms with Crippen LogP contribution in [0.25, 0.3) is 5.82 Å². The number of rotatable bonds is 4. The number of carbonyl (C=O) groups is 1. The zero-order valence-corrected chi connectivity index (χ0v) is 11.9. The lowest BCUT2D eigenvalue weighted by atomic mass is 10.3. The first kappa shape index (κ1) is 13.6. The fourth-order valence-electron chi connectivity index (χ4n) is 2.03. The van der Waals surface area contributed by atoms with Gasteiger partial charge in [0.25, 0.3) is 5.91 Å². The Morgan fingerprint density at radius 1 is 1.48 bits per heavy atom. The third-order valence-corrected chi connectivity index (χ3v) is 3.33. The molecule has 0 radical (unpaired) electrons. The molecule has 8 nitrogen and oxygen atoms in total. The number of nitrogens with one attached hydrogen (secondary N) is 1. The quantitative estimate of drug-likeness (QED) is 0.837. The van der Waals surface area contributed by atoms with Crippen LogP contribution in [0, 0.1) is 0 Å². The third-order valence-electron chi connectivity index (χ3n) is 3.33. The Morgan fingerprint density at radius 3 is 2.86 bits per heavy atom. The molecule has 3 N–H and O–H groups in total. The summed E-state index contributed by atoms with van der Waals surface area (Å²) in [6.07, 6.45) is 3.55. The van der Waals surface area contributed by atoms with Gasteiger partial charge in [-0.3, -0.25) is 4.79 Å². The van der Waals surface area contributed by atoms with Crippen molar-refractivity contribution >= 4 is 5.91 Å². The van der Waals surface area contributed by atoms with Crippen LogP contribution >= 0.6 is 0 Å². The zero-order valence-electron chi connectivity index (χ0n) is 11.9. The second-order valence-corrected chi connectivity index (χ2v) is 5.14. The van der Waals surface area contributed by atoms with E-state index in [2.05, 4.69) is 25.4 Å². The zero-order chi connectivity index (χ0) is 15.0. The molecular weight excluding hydrogens is 270 g/mol. The summed E-state index contributed by atoms with van der Waals surface area (Å²) >= 11 is 0. The van der Waals surface area contributed by atoms with Crippen molar-refractivity contribution in [2.45, 2.75) is 31.7 Å². The van der Waals surface area contributed by atoms with E-state index in [1.54, 1.807) is 17.8 Å². The molecule has 0 unspecified atom stereocenters. The molecule has 0 aromatic carbocycles. The lowest BCUT2D eigenvalue weighted by Crippen LogP contribution is -2.20. The number of hydrogen-bond acceptors (Lipinski definition) is 6. The van der Waals surface area contributed by atoms with Gasteiger partial charge in [0.2, 0.25) is 0 Å². The molecule has 1 atom stereocenters. The van der Waals surface area contributed by atoms with Gasteiger partial charge >= 0.3 is 0 Å². The molecule has 2 aromatic heterocycles. The first-order chi connectivity index (χ1) is 10.1. The number of nitrogens with zero attached hydrogens (tertiary/aromatic N) is 5. The molecule has 1 saturated carbocycles. The SMILES string of the molecule is CNC(=O)c1cc(-n2nc(C3CC3)nc2[C@H](C)N)ncn1. The van der Waals surface area contributed by atoms with Crippen LogP contribution in [0.3, 0.4) is 0 Å². The summed E-state index contributed by atoms with van der Waals surface area (Å²) in [5, 5.41) is 7.03. The fraction of sp³-hybridized carbons (Fsp3) is 0.462. The molecule has 110 valence electrons. The minimum atomic E-state index is -0.275. The average molecular weight is 287 g/mol. The van der Waals surface area contributed by atoms with Crippen LogP contribution in [0.1, 0.15) is 53.9 Å². The Morgan fingerprint density at radius 2 is 2.24 bits per heavy atom. The molecule has 0 bridgehead atoms. The van der Waals surface area contributed by atoms with Gasteiger partial charge in [-0.25, -0.2) is 15.0 Å². The predicted molar refractivity (Wildman–Crippen MR) is 74.9 cm³/mol. The molecule has 2 aromatic rings. The normalized spacial score (nSPS) is 15.8. The average Bonchev–Trinajstić information content (AvgIpc) is 3.25. The molecule has 3 rings (SSSR count). The van der Waals surface area contributed by atoms with Gasteiger partial charge in [0.15, 0.2) is 17.5 Å². The van der Waals surface area contributed by atoms with E-state index < -0.39 is 0 Å². The summed E-state index contributed by atoms with van der Waals surface area (Å²) in [6.45, 7) is 1.85. The van der Waals surface area contributed by atoms with Crippen molar-refractivity contribution in [2.24, 2.45) is 5.73 Å². The highest BCUT2D eigenvalue weighted by molar-refractivity contribution is 5.92. The number of carbonyl (C=O) groups excluding carboxylic acids is 1. The first-order valence-corrected chi connectivity index (χ1v) is 6.87. The molecule has 1 aliphatic carbocycles. The molecule has 1 fully saturated rings. The lowest BCUT2D eigenvalue weighted by molar-refractivity contribution is 0.0958. The van der Waals surface area contributed by atoms with Crippen LogP contribution in [-0.4, -0.2) is 37.7 Å². The summed E-state index contributed by atoms with van der Waals surface area (Å²) in [4.78, 5) is 24.3. The van der Waals surface area contributed by atoms with Crippen molar-refractivity contribution in [3.05, 3.63) is 29.7 Å². The Kier molecular flexibility index (Phi) is 3.38. The van der Waals surface area contributed by atoms with Crippen molar-refractivity contribution < 1.29 is 4.79 Å². The number of nitrogens with two attached hydrogens (primary N) is 1. The van der Waals surface area contributed by atoms with Crippen molar-refractivity contribution in [1.29, 1.82) is 0 Å². The van der Waals surface area contributed by atoms with Gasteiger partial charge in [-0.1, -0.05) is 0 Å². The highest BCUT2D eigenvalue weighted by atomic mass is 16.1. The molecule has 1 amide bonds. The Balaban J connectivity index is 2.04. The van der Waals surface area contributed by atoms with Crippen LogP contribution in [0.4, 0.5) is 0 Å². The van der Waals surface area contributed by atoms with Crippen molar-refractivity contribution in [1.82, 2.24) is 30.0 Å². The third kappa shape index (κ3) is 2.62. The maximum absolute atomic E-state index is 11.7. The van der Waals surface area contributed by atoms with Gasteiger partial charge in [0.1, 0.15) is 12.0 Å². The Labute approximate surface area is 121 Å². The molecule has 1 aliphatic rings.